The molecule has 0 aliphatic carbocycles. The number of rotatable bonds is 3. The smallest absolute Gasteiger partial charge is 0.289 e. The molecule has 2 fully saturated rings. The van der Waals surface area contributed by atoms with Crippen molar-refractivity contribution in [3.05, 3.63) is 42.6 Å². The maximum atomic E-state index is 12.4. The van der Waals surface area contributed by atoms with Gasteiger partial charge in [-0.05, 0) is 49.3 Å². The monoisotopic (exact) mass is 326 g/mol. The molecule has 126 valence electrons. The molecular weight excluding hydrogens is 304 g/mol. The van der Waals surface area contributed by atoms with Crippen LogP contribution in [-0.2, 0) is 0 Å². The van der Waals surface area contributed by atoms with Crippen LogP contribution in [0, 0.1) is 11.8 Å². The van der Waals surface area contributed by atoms with Crippen molar-refractivity contribution in [2.75, 3.05) is 31.1 Å². The van der Waals surface area contributed by atoms with Gasteiger partial charge in [0.05, 0.1) is 6.26 Å². The predicted molar refractivity (Wildman–Crippen MR) is 89.7 cm³/mol. The number of piperidine rings is 1. The first-order chi connectivity index (χ1) is 11.8. The minimum absolute atomic E-state index is 0.0256. The van der Waals surface area contributed by atoms with E-state index in [0.717, 1.165) is 51.4 Å². The van der Waals surface area contributed by atoms with Crippen LogP contribution in [0.4, 0.5) is 5.95 Å². The highest BCUT2D eigenvalue weighted by Crippen LogP contribution is 2.33. The summed E-state index contributed by atoms with van der Waals surface area (Å²) in [5.74, 6) is 2.59. The van der Waals surface area contributed by atoms with Crippen LogP contribution in [0.1, 0.15) is 29.8 Å². The molecular formula is C18H22N4O2. The lowest BCUT2D eigenvalue weighted by Gasteiger charge is -2.34. The fourth-order valence-corrected chi connectivity index (χ4v) is 3.94. The maximum absolute atomic E-state index is 12.4. The molecule has 6 nitrogen and oxygen atoms in total. The van der Waals surface area contributed by atoms with Crippen molar-refractivity contribution in [3.63, 3.8) is 0 Å². The van der Waals surface area contributed by atoms with Gasteiger partial charge in [0.2, 0.25) is 5.95 Å². The molecule has 1 atom stereocenters. The molecule has 4 heterocycles. The average Bonchev–Trinajstić information content (AvgIpc) is 3.34. The van der Waals surface area contributed by atoms with Crippen LogP contribution < -0.4 is 4.90 Å². The maximum Gasteiger partial charge on any atom is 0.289 e. The first-order valence-electron chi connectivity index (χ1n) is 8.66. The van der Waals surface area contributed by atoms with E-state index in [9.17, 15) is 4.79 Å². The Labute approximate surface area is 141 Å². The Balaban J connectivity index is 1.31. The molecule has 2 aromatic rings. The second kappa shape index (κ2) is 6.63. The van der Waals surface area contributed by atoms with Crippen LogP contribution in [-0.4, -0.2) is 47.0 Å². The first-order valence-corrected chi connectivity index (χ1v) is 8.66. The van der Waals surface area contributed by atoms with E-state index < -0.39 is 0 Å². The molecule has 0 bridgehead atoms. The molecule has 2 aliphatic rings. The minimum atomic E-state index is 0.0256. The number of carbonyl (C=O) groups is 1. The third kappa shape index (κ3) is 3.00. The van der Waals surface area contributed by atoms with Gasteiger partial charge in [0.25, 0.3) is 5.91 Å². The molecule has 4 rings (SSSR count). The quantitative estimate of drug-likeness (QED) is 0.867. The fourth-order valence-electron chi connectivity index (χ4n) is 3.94. The molecule has 0 unspecified atom stereocenters. The third-order valence-electron chi connectivity index (χ3n) is 5.29. The van der Waals surface area contributed by atoms with Gasteiger partial charge in [-0.2, -0.15) is 0 Å². The van der Waals surface area contributed by atoms with Crippen LogP contribution in [0.5, 0.6) is 0 Å². The molecule has 1 amide bonds. The highest BCUT2D eigenvalue weighted by molar-refractivity contribution is 5.91. The van der Waals surface area contributed by atoms with Gasteiger partial charge in [-0.15, -0.1) is 0 Å². The van der Waals surface area contributed by atoms with Crippen molar-refractivity contribution < 1.29 is 9.21 Å². The zero-order valence-corrected chi connectivity index (χ0v) is 13.7. The summed E-state index contributed by atoms with van der Waals surface area (Å²) in [7, 11) is 0. The standard InChI is InChI=1S/C18H22N4O2/c23-17(16-3-1-12-24-16)22-11-6-15(13-22)14-4-9-21(10-5-14)18-19-7-2-8-20-18/h1-3,7-8,12,14-15H,4-6,9-11,13H2/t15-/m1/s1. The van der Waals surface area contributed by atoms with Gasteiger partial charge in [-0.3, -0.25) is 4.79 Å². The van der Waals surface area contributed by atoms with E-state index in [1.165, 1.54) is 0 Å². The molecule has 2 aromatic heterocycles. The van der Waals surface area contributed by atoms with Crippen LogP contribution in [0.2, 0.25) is 0 Å². The van der Waals surface area contributed by atoms with Gasteiger partial charge < -0.3 is 14.2 Å². The molecule has 0 N–H and O–H groups in total. The molecule has 24 heavy (non-hydrogen) atoms. The number of likely N-dealkylation sites (tertiary alicyclic amines) is 1. The number of hydrogen-bond acceptors (Lipinski definition) is 5. The summed E-state index contributed by atoms with van der Waals surface area (Å²) in [6.45, 7) is 3.69. The number of nitrogens with zero attached hydrogens (tertiary/aromatic N) is 4. The van der Waals surface area contributed by atoms with E-state index in [2.05, 4.69) is 14.9 Å². The van der Waals surface area contributed by atoms with E-state index in [1.807, 2.05) is 11.0 Å². The van der Waals surface area contributed by atoms with Gasteiger partial charge in [-0.25, -0.2) is 9.97 Å². The zero-order valence-electron chi connectivity index (χ0n) is 13.7. The van der Waals surface area contributed by atoms with E-state index in [4.69, 9.17) is 4.42 Å². The van der Waals surface area contributed by atoms with Gasteiger partial charge >= 0.3 is 0 Å². The molecule has 0 saturated carbocycles. The second-order valence-electron chi connectivity index (χ2n) is 6.65. The number of furan rings is 1. The molecule has 6 heteroatoms. The van der Waals surface area contributed by atoms with Crippen molar-refractivity contribution in [1.29, 1.82) is 0 Å². The number of anilines is 1. The largest absolute Gasteiger partial charge is 0.459 e. The van der Waals surface area contributed by atoms with Crippen molar-refractivity contribution in [2.24, 2.45) is 11.8 Å². The lowest BCUT2D eigenvalue weighted by atomic mass is 9.84. The third-order valence-corrected chi connectivity index (χ3v) is 5.29. The first kappa shape index (κ1) is 15.2. The molecule has 2 saturated heterocycles. The van der Waals surface area contributed by atoms with Gasteiger partial charge in [0.1, 0.15) is 0 Å². The highest BCUT2D eigenvalue weighted by Gasteiger charge is 2.34. The van der Waals surface area contributed by atoms with Crippen molar-refractivity contribution in [2.45, 2.75) is 19.3 Å². The molecule has 0 spiro atoms. The van der Waals surface area contributed by atoms with E-state index >= 15 is 0 Å². The lowest BCUT2D eigenvalue weighted by Crippen LogP contribution is -2.38. The Morgan fingerprint density at radius 1 is 1.04 bits per heavy atom. The molecule has 0 aromatic carbocycles. The Morgan fingerprint density at radius 2 is 1.79 bits per heavy atom. The van der Waals surface area contributed by atoms with Gasteiger partial charge in [-0.1, -0.05) is 0 Å². The molecule has 0 radical (unpaired) electrons. The van der Waals surface area contributed by atoms with Crippen LogP contribution >= 0.6 is 0 Å². The number of carbonyl (C=O) groups excluding carboxylic acids is 1. The van der Waals surface area contributed by atoms with Gasteiger partial charge in [0.15, 0.2) is 5.76 Å². The fraction of sp³-hybridized carbons (Fsp3) is 0.500. The van der Waals surface area contributed by atoms with E-state index in [-0.39, 0.29) is 5.91 Å². The Hall–Kier alpha value is -2.37. The summed E-state index contributed by atoms with van der Waals surface area (Å²) in [5.41, 5.74) is 0. The summed E-state index contributed by atoms with van der Waals surface area (Å²) >= 11 is 0. The van der Waals surface area contributed by atoms with Crippen LogP contribution in [0.15, 0.2) is 41.3 Å². The Morgan fingerprint density at radius 3 is 2.50 bits per heavy atom. The number of aromatic nitrogens is 2. The summed E-state index contributed by atoms with van der Waals surface area (Å²) < 4.78 is 5.24. The SMILES string of the molecule is O=C(c1ccco1)N1CC[C@@H](C2CCN(c3ncccn3)CC2)C1. The summed E-state index contributed by atoms with van der Waals surface area (Å²) in [4.78, 5) is 25.3. The van der Waals surface area contributed by atoms with E-state index in [1.54, 1.807) is 30.8 Å². The van der Waals surface area contributed by atoms with E-state index in [0.29, 0.717) is 17.6 Å². The normalized spacial score (nSPS) is 22.1. The van der Waals surface area contributed by atoms with Crippen molar-refractivity contribution in [3.8, 4) is 0 Å². The van der Waals surface area contributed by atoms with Crippen molar-refractivity contribution >= 4 is 11.9 Å². The minimum Gasteiger partial charge on any atom is -0.459 e. The van der Waals surface area contributed by atoms with Crippen molar-refractivity contribution in [1.82, 2.24) is 14.9 Å². The second-order valence-corrected chi connectivity index (χ2v) is 6.65. The average molecular weight is 326 g/mol. The van der Waals surface area contributed by atoms with Crippen LogP contribution in [0.3, 0.4) is 0 Å². The summed E-state index contributed by atoms with van der Waals surface area (Å²) in [6, 6.07) is 5.36. The molecule has 2 aliphatic heterocycles. The zero-order chi connectivity index (χ0) is 16.4. The highest BCUT2D eigenvalue weighted by atomic mass is 16.3. The van der Waals surface area contributed by atoms with Crippen LogP contribution in [0.25, 0.3) is 0 Å². The number of amides is 1. The Kier molecular flexibility index (Phi) is 4.19. The van der Waals surface area contributed by atoms with Gasteiger partial charge in [0, 0.05) is 38.6 Å². The summed E-state index contributed by atoms with van der Waals surface area (Å²) in [5, 5.41) is 0. The lowest BCUT2D eigenvalue weighted by molar-refractivity contribution is 0.0749. The Bertz CT molecular complexity index is 666. The predicted octanol–water partition coefficient (Wildman–Crippen LogP) is 2.45. The summed E-state index contributed by atoms with van der Waals surface area (Å²) in [6.07, 6.45) is 8.53. The topological polar surface area (TPSA) is 62.5 Å². The number of hydrogen-bond donors (Lipinski definition) is 0.